The van der Waals surface area contributed by atoms with Crippen LogP contribution in [0.4, 0.5) is 10.1 Å². The van der Waals surface area contributed by atoms with Crippen LogP contribution in [-0.2, 0) is 17.8 Å². The Morgan fingerprint density at radius 2 is 1.70 bits per heavy atom. The van der Waals surface area contributed by atoms with Gasteiger partial charge in [0, 0.05) is 27.6 Å². The van der Waals surface area contributed by atoms with Crippen molar-refractivity contribution in [3.8, 4) is 11.5 Å². The van der Waals surface area contributed by atoms with Crippen molar-refractivity contribution in [1.29, 1.82) is 0 Å². The van der Waals surface area contributed by atoms with Gasteiger partial charge in [-0.05, 0) is 84.3 Å². The SMILES string of the molecule is COc1ccc(CN2C(=O)C(Cc3ccc(F)cc3Cl)N=C(c3ccc(OC)c(C)c3)c3cc(Cl)ccc32)cc1. The van der Waals surface area contributed by atoms with Gasteiger partial charge < -0.3 is 14.4 Å². The summed E-state index contributed by atoms with van der Waals surface area (Å²) < 4.78 is 24.6. The van der Waals surface area contributed by atoms with E-state index in [0.717, 1.165) is 33.8 Å². The molecule has 4 aromatic rings. The molecule has 0 radical (unpaired) electrons. The van der Waals surface area contributed by atoms with Crippen molar-refractivity contribution >= 4 is 40.5 Å². The maximum absolute atomic E-state index is 14.3. The molecule has 1 heterocycles. The minimum Gasteiger partial charge on any atom is -0.497 e. The number of aryl methyl sites for hydroxylation is 1. The molecule has 1 aliphatic heterocycles. The molecular formula is C32H27Cl2FN2O3. The molecule has 1 amide bonds. The van der Waals surface area contributed by atoms with Gasteiger partial charge in [-0.15, -0.1) is 0 Å². The number of amides is 1. The van der Waals surface area contributed by atoms with Crippen LogP contribution in [0.2, 0.25) is 10.0 Å². The third kappa shape index (κ3) is 5.69. The number of hydrogen-bond donors (Lipinski definition) is 0. The molecule has 5 nitrogen and oxygen atoms in total. The highest BCUT2D eigenvalue weighted by atomic mass is 35.5. The molecule has 0 saturated heterocycles. The molecule has 204 valence electrons. The summed E-state index contributed by atoms with van der Waals surface area (Å²) in [6, 6.07) is 22.1. The van der Waals surface area contributed by atoms with E-state index in [2.05, 4.69) is 0 Å². The van der Waals surface area contributed by atoms with E-state index in [1.807, 2.05) is 61.5 Å². The van der Waals surface area contributed by atoms with Crippen molar-refractivity contribution in [3.63, 3.8) is 0 Å². The highest BCUT2D eigenvalue weighted by Crippen LogP contribution is 2.34. The summed E-state index contributed by atoms with van der Waals surface area (Å²) in [5.74, 6) is 0.820. The molecule has 0 bridgehead atoms. The number of anilines is 1. The Morgan fingerprint density at radius 1 is 0.925 bits per heavy atom. The van der Waals surface area contributed by atoms with Gasteiger partial charge in [-0.1, -0.05) is 41.4 Å². The number of methoxy groups -OCH3 is 2. The number of rotatable bonds is 7. The lowest BCUT2D eigenvalue weighted by Gasteiger charge is -2.26. The molecule has 0 spiro atoms. The predicted octanol–water partition coefficient (Wildman–Crippen LogP) is 7.45. The predicted molar refractivity (Wildman–Crippen MR) is 158 cm³/mol. The van der Waals surface area contributed by atoms with Crippen LogP contribution in [0.1, 0.15) is 27.8 Å². The fourth-order valence-electron chi connectivity index (χ4n) is 4.87. The Hall–Kier alpha value is -3.87. The number of halogens is 3. The zero-order valence-corrected chi connectivity index (χ0v) is 23.8. The summed E-state index contributed by atoms with van der Waals surface area (Å²) in [7, 11) is 3.23. The molecule has 8 heteroatoms. The van der Waals surface area contributed by atoms with Gasteiger partial charge >= 0.3 is 0 Å². The number of benzene rings is 4. The van der Waals surface area contributed by atoms with Gasteiger partial charge in [0.15, 0.2) is 0 Å². The lowest BCUT2D eigenvalue weighted by molar-refractivity contribution is -0.119. The Labute approximate surface area is 242 Å². The Kier molecular flexibility index (Phi) is 8.10. The van der Waals surface area contributed by atoms with Crippen LogP contribution in [0, 0.1) is 12.7 Å². The number of benzodiazepines with no additional fused rings is 1. The van der Waals surface area contributed by atoms with E-state index in [9.17, 15) is 9.18 Å². The van der Waals surface area contributed by atoms with E-state index in [4.69, 9.17) is 37.7 Å². The topological polar surface area (TPSA) is 51.1 Å². The summed E-state index contributed by atoms with van der Waals surface area (Å²) in [5, 5.41) is 0.768. The zero-order valence-electron chi connectivity index (χ0n) is 22.3. The molecule has 0 fully saturated rings. The van der Waals surface area contributed by atoms with Gasteiger partial charge in [-0.2, -0.15) is 0 Å². The first kappa shape index (κ1) is 27.7. The quantitative estimate of drug-likeness (QED) is 0.229. The number of carbonyl (C=O) groups excluding carboxylic acids is 1. The maximum atomic E-state index is 14.3. The van der Waals surface area contributed by atoms with Gasteiger partial charge in [0.25, 0.3) is 5.91 Å². The lowest BCUT2D eigenvalue weighted by atomic mass is 9.98. The third-order valence-corrected chi connectivity index (χ3v) is 7.52. The van der Waals surface area contributed by atoms with Gasteiger partial charge in [-0.25, -0.2) is 4.39 Å². The molecular weight excluding hydrogens is 550 g/mol. The molecule has 0 N–H and O–H groups in total. The highest BCUT2D eigenvalue weighted by molar-refractivity contribution is 6.32. The first-order chi connectivity index (χ1) is 19.3. The van der Waals surface area contributed by atoms with Gasteiger partial charge in [-0.3, -0.25) is 9.79 Å². The molecule has 1 unspecified atom stereocenters. The van der Waals surface area contributed by atoms with Gasteiger partial charge in [0.2, 0.25) is 0 Å². The number of nitrogens with zero attached hydrogens (tertiary/aromatic N) is 2. The zero-order chi connectivity index (χ0) is 28.4. The van der Waals surface area contributed by atoms with E-state index in [1.54, 1.807) is 31.3 Å². The fourth-order valence-corrected chi connectivity index (χ4v) is 5.29. The van der Waals surface area contributed by atoms with Crippen LogP contribution in [0.25, 0.3) is 0 Å². The normalized spacial score (nSPS) is 14.8. The Bertz CT molecular complexity index is 1600. The van der Waals surface area contributed by atoms with E-state index < -0.39 is 11.9 Å². The van der Waals surface area contributed by atoms with Crippen LogP contribution in [0.5, 0.6) is 11.5 Å². The first-order valence-electron chi connectivity index (χ1n) is 12.7. The molecule has 0 aliphatic carbocycles. The van der Waals surface area contributed by atoms with Crippen LogP contribution in [-0.4, -0.2) is 31.9 Å². The molecule has 4 aromatic carbocycles. The standard InChI is InChI=1S/C32H27Cl2FN2O3/c1-19-14-22(7-13-30(19)40-3)31-26-16-23(33)8-12-29(26)37(18-20-4-10-25(39-2)11-5-20)32(38)28(36-31)15-21-6-9-24(35)17-27(21)34/h4-14,16-17,28H,15,18H2,1-3H3. The number of carbonyl (C=O) groups is 1. The average Bonchev–Trinajstić information content (AvgIpc) is 3.05. The van der Waals surface area contributed by atoms with E-state index in [0.29, 0.717) is 28.5 Å². The van der Waals surface area contributed by atoms with Crippen LogP contribution in [0.3, 0.4) is 0 Å². The minimum absolute atomic E-state index is 0.192. The van der Waals surface area contributed by atoms with Crippen molar-refractivity contribution in [2.45, 2.75) is 25.9 Å². The molecule has 40 heavy (non-hydrogen) atoms. The fraction of sp³-hybridized carbons (Fsp3) is 0.188. The molecule has 5 rings (SSSR count). The summed E-state index contributed by atoms with van der Waals surface area (Å²) >= 11 is 12.9. The molecule has 1 aliphatic rings. The second-order valence-electron chi connectivity index (χ2n) is 9.55. The second-order valence-corrected chi connectivity index (χ2v) is 10.4. The van der Waals surface area contributed by atoms with Crippen molar-refractivity contribution in [2.75, 3.05) is 19.1 Å². The van der Waals surface area contributed by atoms with Crippen LogP contribution in [0.15, 0.2) is 83.9 Å². The number of aliphatic imine (C=N–C) groups is 1. The number of fused-ring (bicyclic) bond motifs is 1. The summed E-state index contributed by atoms with van der Waals surface area (Å²) in [6.07, 6.45) is 0.192. The van der Waals surface area contributed by atoms with E-state index in [1.165, 1.54) is 12.1 Å². The van der Waals surface area contributed by atoms with Crippen LogP contribution < -0.4 is 14.4 Å². The third-order valence-electron chi connectivity index (χ3n) is 6.94. The molecule has 0 aromatic heterocycles. The first-order valence-corrected chi connectivity index (χ1v) is 13.4. The molecule has 1 atom stereocenters. The Balaban J connectivity index is 1.67. The van der Waals surface area contributed by atoms with Crippen molar-refractivity contribution in [1.82, 2.24) is 0 Å². The Morgan fingerprint density at radius 3 is 2.38 bits per heavy atom. The molecule has 0 saturated carbocycles. The minimum atomic E-state index is -0.829. The monoisotopic (exact) mass is 576 g/mol. The summed E-state index contributed by atoms with van der Waals surface area (Å²) in [5.41, 5.74) is 5.32. The highest BCUT2D eigenvalue weighted by Gasteiger charge is 2.33. The van der Waals surface area contributed by atoms with Gasteiger partial charge in [0.05, 0.1) is 32.2 Å². The summed E-state index contributed by atoms with van der Waals surface area (Å²) in [6.45, 7) is 2.25. The van der Waals surface area contributed by atoms with Crippen molar-refractivity contribution < 1.29 is 18.7 Å². The van der Waals surface area contributed by atoms with Crippen molar-refractivity contribution in [2.24, 2.45) is 4.99 Å². The van der Waals surface area contributed by atoms with Gasteiger partial charge in [0.1, 0.15) is 23.4 Å². The smallest absolute Gasteiger partial charge is 0.252 e. The average molecular weight is 577 g/mol. The largest absolute Gasteiger partial charge is 0.497 e. The summed E-state index contributed by atoms with van der Waals surface area (Å²) in [4.78, 5) is 21.0. The van der Waals surface area contributed by atoms with Crippen molar-refractivity contribution in [3.05, 3.63) is 123 Å². The second kappa shape index (κ2) is 11.7. The number of ether oxygens (including phenoxy) is 2. The lowest BCUT2D eigenvalue weighted by Crippen LogP contribution is -2.38. The van der Waals surface area contributed by atoms with E-state index in [-0.39, 0.29) is 17.4 Å². The van der Waals surface area contributed by atoms with Crippen LogP contribution >= 0.6 is 23.2 Å². The maximum Gasteiger partial charge on any atom is 0.252 e. The van der Waals surface area contributed by atoms with E-state index >= 15 is 0 Å². The number of hydrogen-bond acceptors (Lipinski definition) is 4.